The summed E-state index contributed by atoms with van der Waals surface area (Å²) >= 11 is 0. The molecule has 8 nitrogen and oxygen atoms in total. The van der Waals surface area contributed by atoms with E-state index in [1.807, 2.05) is 38.1 Å². The predicted molar refractivity (Wildman–Crippen MR) is 143 cm³/mol. The van der Waals surface area contributed by atoms with Crippen LogP contribution >= 0.6 is 0 Å². The minimum absolute atomic E-state index is 0.0178. The molecule has 9 heteroatoms. The number of amides is 1. The zero-order chi connectivity index (χ0) is 26.7. The van der Waals surface area contributed by atoms with Crippen LogP contribution in [0.15, 0.2) is 51.9 Å². The van der Waals surface area contributed by atoms with Crippen molar-refractivity contribution in [1.29, 1.82) is 0 Å². The Labute approximate surface area is 217 Å². The van der Waals surface area contributed by atoms with E-state index in [0.717, 1.165) is 16.7 Å². The Balaban J connectivity index is 1.54. The number of carbonyl (C=O) groups excluding carboxylic acids is 2. The average Bonchev–Trinajstić information content (AvgIpc) is 3.25. The number of aryl methyl sites for hydroxylation is 3. The highest BCUT2D eigenvalue weighted by Crippen LogP contribution is 2.30. The number of ketones is 1. The highest BCUT2D eigenvalue weighted by atomic mass is 32.2. The molecule has 1 aliphatic heterocycles. The number of anilines is 1. The molecule has 1 amide bonds. The quantitative estimate of drug-likeness (QED) is 0.438. The lowest BCUT2D eigenvalue weighted by Gasteiger charge is -2.31. The third-order valence-electron chi connectivity index (χ3n) is 6.57. The third kappa shape index (κ3) is 5.89. The molecule has 0 spiro atoms. The van der Waals surface area contributed by atoms with E-state index in [1.54, 1.807) is 37.3 Å². The molecule has 3 aromatic rings. The van der Waals surface area contributed by atoms with Gasteiger partial charge >= 0.3 is 0 Å². The Morgan fingerprint density at radius 3 is 2.65 bits per heavy atom. The predicted octanol–water partition coefficient (Wildman–Crippen LogP) is 5.01. The molecule has 0 radical (unpaired) electrons. The van der Waals surface area contributed by atoms with Crippen LogP contribution in [0.25, 0.3) is 12.2 Å². The van der Waals surface area contributed by atoms with E-state index >= 15 is 0 Å². The molecular weight excluding hydrogens is 490 g/mol. The van der Waals surface area contributed by atoms with Gasteiger partial charge in [-0.1, -0.05) is 47.1 Å². The Morgan fingerprint density at radius 2 is 1.89 bits per heavy atom. The molecule has 4 rings (SSSR count). The Bertz CT molecular complexity index is 1470. The van der Waals surface area contributed by atoms with Crippen LogP contribution in [0.5, 0.6) is 0 Å². The monoisotopic (exact) mass is 521 g/mol. The highest BCUT2D eigenvalue weighted by molar-refractivity contribution is 7.89. The zero-order valence-corrected chi connectivity index (χ0v) is 22.3. The summed E-state index contributed by atoms with van der Waals surface area (Å²) in [5.74, 6) is -0.750. The van der Waals surface area contributed by atoms with Gasteiger partial charge in [-0.05, 0) is 69.9 Å². The van der Waals surface area contributed by atoms with E-state index in [0.29, 0.717) is 30.6 Å². The fourth-order valence-electron chi connectivity index (χ4n) is 4.47. The summed E-state index contributed by atoms with van der Waals surface area (Å²) in [6, 6.07) is 12.7. The van der Waals surface area contributed by atoms with E-state index in [9.17, 15) is 18.0 Å². The molecule has 1 aromatic heterocycles. The van der Waals surface area contributed by atoms with Crippen LogP contribution in [0.3, 0.4) is 0 Å². The molecule has 194 valence electrons. The van der Waals surface area contributed by atoms with Gasteiger partial charge in [0.1, 0.15) is 5.69 Å². The van der Waals surface area contributed by atoms with Crippen molar-refractivity contribution in [2.45, 2.75) is 45.4 Å². The van der Waals surface area contributed by atoms with Crippen molar-refractivity contribution in [2.24, 2.45) is 5.92 Å². The van der Waals surface area contributed by atoms with Crippen LogP contribution in [-0.4, -0.2) is 42.7 Å². The number of nitrogens with zero attached hydrogens (tertiary/aromatic N) is 2. The first-order chi connectivity index (χ1) is 17.6. The normalized spacial score (nSPS) is 16.7. The first kappa shape index (κ1) is 26.5. The van der Waals surface area contributed by atoms with Gasteiger partial charge in [-0.25, -0.2) is 8.42 Å². The van der Waals surface area contributed by atoms with E-state index < -0.39 is 15.9 Å². The maximum atomic E-state index is 13.7. The molecule has 2 heterocycles. The van der Waals surface area contributed by atoms with Crippen LogP contribution in [0.2, 0.25) is 0 Å². The number of hydrogen-bond donors (Lipinski definition) is 1. The van der Waals surface area contributed by atoms with Crippen molar-refractivity contribution in [3.05, 3.63) is 76.2 Å². The Morgan fingerprint density at radius 1 is 1.11 bits per heavy atom. The summed E-state index contributed by atoms with van der Waals surface area (Å²) < 4.78 is 34.1. The van der Waals surface area contributed by atoms with Crippen molar-refractivity contribution >= 4 is 39.6 Å². The Kier molecular flexibility index (Phi) is 7.75. The van der Waals surface area contributed by atoms with Crippen molar-refractivity contribution in [1.82, 2.24) is 9.46 Å². The third-order valence-corrected chi connectivity index (χ3v) is 8.60. The fraction of sp³-hybridized carbons (Fsp3) is 0.321. The van der Waals surface area contributed by atoms with Crippen LogP contribution < -0.4 is 5.32 Å². The second-order valence-corrected chi connectivity index (χ2v) is 11.4. The van der Waals surface area contributed by atoms with Gasteiger partial charge in [0.2, 0.25) is 15.9 Å². The molecule has 0 aliphatic carbocycles. The maximum Gasteiger partial charge on any atom is 0.248 e. The van der Waals surface area contributed by atoms with Crippen molar-refractivity contribution in [3.8, 4) is 0 Å². The fourth-order valence-corrected chi connectivity index (χ4v) is 6.24. The summed E-state index contributed by atoms with van der Waals surface area (Å²) in [5.41, 5.74) is 4.38. The minimum Gasteiger partial charge on any atom is -0.355 e. The van der Waals surface area contributed by atoms with Crippen LogP contribution in [-0.2, 0) is 14.8 Å². The number of carbonyl (C=O) groups is 2. The summed E-state index contributed by atoms with van der Waals surface area (Å²) in [7, 11) is -3.96. The smallest absolute Gasteiger partial charge is 0.248 e. The molecule has 37 heavy (non-hydrogen) atoms. The number of benzene rings is 2. The minimum atomic E-state index is -3.96. The molecule has 1 aliphatic rings. The molecule has 1 saturated heterocycles. The summed E-state index contributed by atoms with van der Waals surface area (Å²) in [4.78, 5) is 24.7. The largest absolute Gasteiger partial charge is 0.355 e. The molecular formula is C28H31N3O5S. The highest BCUT2D eigenvalue weighted by Gasteiger charge is 2.37. The zero-order valence-electron chi connectivity index (χ0n) is 21.4. The number of hydrogen-bond acceptors (Lipinski definition) is 6. The van der Waals surface area contributed by atoms with Gasteiger partial charge in [0.05, 0.1) is 5.92 Å². The average molecular weight is 522 g/mol. The van der Waals surface area contributed by atoms with Gasteiger partial charge < -0.3 is 9.84 Å². The number of piperidine rings is 1. The molecule has 1 unspecified atom stereocenters. The first-order valence-electron chi connectivity index (χ1n) is 12.2. The Hall–Kier alpha value is -3.56. The van der Waals surface area contributed by atoms with Gasteiger partial charge in [0, 0.05) is 24.3 Å². The number of rotatable bonds is 7. The number of sulfonamides is 1. The van der Waals surface area contributed by atoms with Crippen molar-refractivity contribution in [3.63, 3.8) is 0 Å². The van der Waals surface area contributed by atoms with E-state index in [1.165, 1.54) is 11.2 Å². The number of Topliss-reactive ketones (excluding diaryl/α,β-unsaturated/α-hetero) is 1. The lowest BCUT2D eigenvalue weighted by Crippen LogP contribution is -2.43. The topological polar surface area (TPSA) is 110 Å². The van der Waals surface area contributed by atoms with Gasteiger partial charge in [-0.3, -0.25) is 9.59 Å². The van der Waals surface area contributed by atoms with E-state index in [-0.39, 0.29) is 34.6 Å². The molecule has 1 fully saturated rings. The number of nitrogens with one attached hydrogen (secondary N) is 1. The van der Waals surface area contributed by atoms with Crippen LogP contribution in [0.1, 0.15) is 58.3 Å². The molecule has 0 bridgehead atoms. The van der Waals surface area contributed by atoms with Gasteiger partial charge in [0.25, 0.3) is 0 Å². The lowest BCUT2D eigenvalue weighted by molar-refractivity contribution is -0.120. The maximum absolute atomic E-state index is 13.7. The molecule has 2 aromatic carbocycles. The lowest BCUT2D eigenvalue weighted by atomic mass is 9.98. The van der Waals surface area contributed by atoms with Crippen molar-refractivity contribution in [2.75, 3.05) is 18.4 Å². The SMILES string of the molecule is CC(=O)c1cccc(NC(=O)C2CCCN(S(=O)(=O)c3c(C)noc3/C=C/c3cc(C)ccc3C)C2)c1. The standard InChI is InChI=1S/C28H31N3O5S/c1-18-10-11-19(2)22(15-18)12-13-26-27(20(3)30-36-26)37(34,35)31-14-6-8-24(17-31)28(33)29-25-9-5-7-23(16-25)21(4)32/h5,7,9-13,15-16,24H,6,8,14,17H2,1-4H3,(H,29,33)/b13-12+. The van der Waals surface area contributed by atoms with Gasteiger partial charge in [-0.15, -0.1) is 0 Å². The second-order valence-electron chi connectivity index (χ2n) is 9.48. The van der Waals surface area contributed by atoms with Crippen LogP contribution in [0, 0.1) is 26.7 Å². The van der Waals surface area contributed by atoms with E-state index in [2.05, 4.69) is 10.5 Å². The van der Waals surface area contributed by atoms with Gasteiger partial charge in [-0.2, -0.15) is 4.31 Å². The molecule has 0 saturated carbocycles. The summed E-state index contributed by atoms with van der Waals surface area (Å²) in [6.07, 6.45) is 4.56. The van der Waals surface area contributed by atoms with Crippen molar-refractivity contribution < 1.29 is 22.5 Å². The summed E-state index contributed by atoms with van der Waals surface area (Å²) in [6.45, 7) is 7.39. The summed E-state index contributed by atoms with van der Waals surface area (Å²) in [5, 5.41) is 6.75. The molecule has 1 N–H and O–H groups in total. The van der Waals surface area contributed by atoms with E-state index in [4.69, 9.17) is 4.52 Å². The number of aromatic nitrogens is 1. The van der Waals surface area contributed by atoms with Gasteiger partial charge in [0.15, 0.2) is 16.4 Å². The second kappa shape index (κ2) is 10.8. The first-order valence-corrected chi connectivity index (χ1v) is 13.6. The molecule has 1 atom stereocenters. The van der Waals surface area contributed by atoms with Crippen LogP contribution in [0.4, 0.5) is 5.69 Å².